The average molecular weight is 928 g/mol. The Hall–Kier alpha value is -2.37. The first-order valence-electron chi connectivity index (χ1n) is 29.0. The van der Waals surface area contributed by atoms with Crippen molar-refractivity contribution in [2.24, 2.45) is 0 Å². The zero-order valence-corrected chi connectivity index (χ0v) is 44.2. The monoisotopic (exact) mass is 927 g/mol. The zero-order chi connectivity index (χ0) is 47.9. The number of hydrogen-bond donors (Lipinski definition) is 0. The minimum absolute atomic E-state index is 0.0725. The van der Waals surface area contributed by atoms with Crippen LogP contribution in [-0.4, -0.2) is 37.2 Å². The van der Waals surface area contributed by atoms with Gasteiger partial charge in [0.1, 0.15) is 13.2 Å². The highest BCUT2D eigenvalue weighted by Crippen LogP contribution is 2.17. The lowest BCUT2D eigenvalue weighted by atomic mass is 10.0. The van der Waals surface area contributed by atoms with Gasteiger partial charge in [0, 0.05) is 19.3 Å². The van der Waals surface area contributed by atoms with E-state index in [1.54, 1.807) is 0 Å². The van der Waals surface area contributed by atoms with Crippen molar-refractivity contribution in [2.45, 2.75) is 316 Å². The zero-order valence-electron chi connectivity index (χ0n) is 44.2. The fraction of sp³-hybridized carbons (Fsp3) is 0.850. The van der Waals surface area contributed by atoms with Crippen molar-refractivity contribution in [2.75, 3.05) is 13.2 Å². The van der Waals surface area contributed by atoms with E-state index >= 15 is 0 Å². The normalized spacial score (nSPS) is 12.2. The maximum absolute atomic E-state index is 12.8. The largest absolute Gasteiger partial charge is 0.462 e. The smallest absolute Gasteiger partial charge is 0.306 e. The molecule has 0 aromatic rings. The van der Waals surface area contributed by atoms with Crippen LogP contribution in [0.15, 0.2) is 36.5 Å². The summed E-state index contributed by atoms with van der Waals surface area (Å²) < 4.78 is 16.8. The molecular formula is C60H110O6. The van der Waals surface area contributed by atoms with Crippen molar-refractivity contribution < 1.29 is 28.6 Å². The molecule has 66 heavy (non-hydrogen) atoms. The Kier molecular flexibility index (Phi) is 53.2. The third-order valence-corrected chi connectivity index (χ3v) is 12.9. The predicted octanol–water partition coefficient (Wildman–Crippen LogP) is 19.3. The van der Waals surface area contributed by atoms with E-state index in [-0.39, 0.29) is 31.1 Å². The molecule has 0 spiro atoms. The quantitative estimate of drug-likeness (QED) is 0.0262. The molecule has 1 unspecified atom stereocenters. The van der Waals surface area contributed by atoms with E-state index in [0.29, 0.717) is 19.3 Å². The Morgan fingerprint density at radius 1 is 0.303 bits per heavy atom. The topological polar surface area (TPSA) is 78.9 Å². The summed E-state index contributed by atoms with van der Waals surface area (Å²) >= 11 is 0. The summed E-state index contributed by atoms with van der Waals surface area (Å²) in [4.78, 5) is 38.0. The van der Waals surface area contributed by atoms with Crippen LogP contribution in [-0.2, 0) is 28.6 Å². The lowest BCUT2D eigenvalue weighted by Gasteiger charge is -2.18. The van der Waals surface area contributed by atoms with Crippen molar-refractivity contribution in [1.82, 2.24) is 0 Å². The van der Waals surface area contributed by atoms with Gasteiger partial charge in [0.25, 0.3) is 0 Å². The van der Waals surface area contributed by atoms with Gasteiger partial charge in [-0.05, 0) is 57.8 Å². The van der Waals surface area contributed by atoms with E-state index in [9.17, 15) is 14.4 Å². The summed E-state index contributed by atoms with van der Waals surface area (Å²) in [5.41, 5.74) is 0. The number of carbonyl (C=O) groups excluding carboxylic acids is 3. The number of allylic oxidation sites excluding steroid dienone is 6. The van der Waals surface area contributed by atoms with E-state index < -0.39 is 6.10 Å². The first-order chi connectivity index (χ1) is 32.5. The van der Waals surface area contributed by atoms with Gasteiger partial charge in [-0.1, -0.05) is 269 Å². The fourth-order valence-electron chi connectivity index (χ4n) is 8.51. The van der Waals surface area contributed by atoms with E-state index in [1.807, 2.05) is 0 Å². The number of rotatable bonds is 53. The first-order valence-corrected chi connectivity index (χ1v) is 29.0. The average Bonchev–Trinajstić information content (AvgIpc) is 3.31. The molecule has 0 fully saturated rings. The number of ether oxygens (including phenoxy) is 3. The van der Waals surface area contributed by atoms with Gasteiger partial charge in [-0.3, -0.25) is 14.4 Å². The van der Waals surface area contributed by atoms with Crippen LogP contribution in [0.2, 0.25) is 0 Å². The van der Waals surface area contributed by atoms with Gasteiger partial charge in [-0.15, -0.1) is 0 Å². The molecule has 6 heteroatoms. The van der Waals surface area contributed by atoms with Gasteiger partial charge in [-0.25, -0.2) is 0 Å². The highest BCUT2D eigenvalue weighted by Gasteiger charge is 2.19. The molecular weight excluding hydrogens is 817 g/mol. The van der Waals surface area contributed by atoms with Crippen LogP contribution in [0.3, 0.4) is 0 Å². The van der Waals surface area contributed by atoms with Gasteiger partial charge in [-0.2, -0.15) is 0 Å². The molecule has 0 saturated heterocycles. The van der Waals surface area contributed by atoms with Crippen molar-refractivity contribution in [3.63, 3.8) is 0 Å². The van der Waals surface area contributed by atoms with Crippen molar-refractivity contribution in [3.05, 3.63) is 36.5 Å². The van der Waals surface area contributed by atoms with E-state index in [1.165, 1.54) is 193 Å². The number of hydrogen-bond acceptors (Lipinski definition) is 6. The maximum Gasteiger partial charge on any atom is 0.306 e. The minimum Gasteiger partial charge on any atom is -0.462 e. The molecule has 0 aliphatic rings. The number of carbonyl (C=O) groups is 3. The molecule has 0 aromatic carbocycles. The molecule has 0 amide bonds. The SMILES string of the molecule is CCCCCCC/C=C\C/C=C\C/C=C\CCCCCCCCC(=O)OCC(COC(=O)CCCCCCCCCC)OC(=O)CCCCCCCCCCCCCCCCCCCCC. The van der Waals surface area contributed by atoms with Crippen LogP contribution < -0.4 is 0 Å². The van der Waals surface area contributed by atoms with E-state index in [0.717, 1.165) is 77.0 Å². The Balaban J connectivity index is 4.23. The van der Waals surface area contributed by atoms with Gasteiger partial charge >= 0.3 is 17.9 Å². The Morgan fingerprint density at radius 3 is 0.848 bits per heavy atom. The van der Waals surface area contributed by atoms with Gasteiger partial charge in [0.15, 0.2) is 6.10 Å². The predicted molar refractivity (Wildman–Crippen MR) is 284 cm³/mol. The van der Waals surface area contributed by atoms with Crippen LogP contribution >= 0.6 is 0 Å². The molecule has 0 bridgehead atoms. The molecule has 1 atom stereocenters. The number of unbranched alkanes of at least 4 members (excludes halogenated alkanes) is 36. The van der Waals surface area contributed by atoms with Gasteiger partial charge < -0.3 is 14.2 Å². The first kappa shape index (κ1) is 63.6. The summed E-state index contributed by atoms with van der Waals surface area (Å²) in [7, 11) is 0. The summed E-state index contributed by atoms with van der Waals surface area (Å²) in [6.45, 7) is 6.63. The summed E-state index contributed by atoms with van der Waals surface area (Å²) in [5.74, 6) is -0.873. The van der Waals surface area contributed by atoms with E-state index in [2.05, 4.69) is 57.2 Å². The molecule has 0 aromatic heterocycles. The third kappa shape index (κ3) is 52.6. The summed E-state index contributed by atoms with van der Waals surface area (Å²) in [6.07, 6.45) is 65.8. The van der Waals surface area contributed by atoms with Gasteiger partial charge in [0.05, 0.1) is 0 Å². The molecule has 0 radical (unpaired) electrons. The van der Waals surface area contributed by atoms with E-state index in [4.69, 9.17) is 14.2 Å². The van der Waals surface area contributed by atoms with Crippen LogP contribution in [0, 0.1) is 0 Å². The van der Waals surface area contributed by atoms with Crippen LogP contribution in [0.5, 0.6) is 0 Å². The van der Waals surface area contributed by atoms with Gasteiger partial charge in [0.2, 0.25) is 0 Å². The second-order valence-electron chi connectivity index (χ2n) is 19.6. The molecule has 0 heterocycles. The third-order valence-electron chi connectivity index (χ3n) is 12.9. The molecule has 0 aliphatic heterocycles. The lowest BCUT2D eigenvalue weighted by Crippen LogP contribution is -2.30. The second kappa shape index (κ2) is 55.2. The standard InChI is InChI=1S/C60H110O6/c1-4-7-10-13-16-19-21-23-25-27-29-30-32-33-35-37-39-41-44-47-50-53-59(62)65-56-57(55-64-58(61)52-49-46-43-18-15-12-9-6-3)66-60(63)54-51-48-45-42-40-38-36-34-31-28-26-24-22-20-17-14-11-8-5-2/h21,23,27,29,32-33,57H,4-20,22,24-26,28,30-31,34-56H2,1-3H3/b23-21-,29-27-,33-32-. The Morgan fingerprint density at radius 2 is 0.545 bits per heavy atom. The minimum atomic E-state index is -0.772. The van der Waals surface area contributed by atoms with Crippen molar-refractivity contribution >= 4 is 17.9 Å². The molecule has 6 nitrogen and oxygen atoms in total. The highest BCUT2D eigenvalue weighted by molar-refractivity contribution is 5.71. The second-order valence-corrected chi connectivity index (χ2v) is 19.6. The molecule has 386 valence electrons. The molecule has 0 aliphatic carbocycles. The molecule has 0 saturated carbocycles. The van der Waals surface area contributed by atoms with Crippen LogP contribution in [0.4, 0.5) is 0 Å². The summed E-state index contributed by atoms with van der Waals surface area (Å²) in [6, 6.07) is 0. The maximum atomic E-state index is 12.8. The lowest BCUT2D eigenvalue weighted by molar-refractivity contribution is -0.167. The summed E-state index contributed by atoms with van der Waals surface area (Å²) in [5, 5.41) is 0. The Labute approximate surface area is 410 Å². The number of esters is 3. The van der Waals surface area contributed by atoms with Crippen LogP contribution in [0.25, 0.3) is 0 Å². The fourth-order valence-corrected chi connectivity index (χ4v) is 8.51. The van der Waals surface area contributed by atoms with Crippen LogP contribution in [0.1, 0.15) is 310 Å². The molecule has 0 rings (SSSR count). The highest BCUT2D eigenvalue weighted by atomic mass is 16.6. The van der Waals surface area contributed by atoms with Crippen molar-refractivity contribution in [1.29, 1.82) is 0 Å². The molecule has 0 N–H and O–H groups in total. The van der Waals surface area contributed by atoms with Crippen molar-refractivity contribution in [3.8, 4) is 0 Å². The Bertz CT molecular complexity index is 1110.